The Kier molecular flexibility index (Phi) is 15.7. The molecule has 0 aromatic rings. The van der Waals surface area contributed by atoms with Crippen molar-refractivity contribution in [3.63, 3.8) is 0 Å². The van der Waals surface area contributed by atoms with Crippen molar-refractivity contribution in [3.8, 4) is 0 Å². The fourth-order valence-corrected chi connectivity index (χ4v) is 14.8. The van der Waals surface area contributed by atoms with Crippen LogP contribution >= 0.6 is 101 Å². The summed E-state index contributed by atoms with van der Waals surface area (Å²) in [5.41, 5.74) is 0. The van der Waals surface area contributed by atoms with Crippen LogP contribution < -0.4 is 0 Å². The zero-order valence-electron chi connectivity index (χ0n) is 18.2. The molecule has 3 heterocycles. The number of carbonyl (C=O) groups excluding carboxylic acids is 3. The van der Waals surface area contributed by atoms with E-state index in [2.05, 4.69) is 12.9 Å². The van der Waals surface area contributed by atoms with E-state index in [1.807, 2.05) is 0 Å². The Morgan fingerprint density at radius 2 is 0.879 bits per heavy atom. The largest absolute Gasteiger partial charge is 0.272 e. The highest BCUT2D eigenvalue weighted by Gasteiger charge is 2.22. The van der Waals surface area contributed by atoms with Crippen LogP contribution in [0.4, 0.5) is 14.4 Å². The van der Waals surface area contributed by atoms with Crippen molar-refractivity contribution in [3.05, 3.63) is 0 Å². The molecule has 15 heteroatoms. The van der Waals surface area contributed by atoms with Gasteiger partial charge < -0.3 is 0 Å². The molecular weight excluding hydrogens is 595 g/mol. The van der Waals surface area contributed by atoms with Crippen LogP contribution in [-0.4, -0.2) is 82.3 Å². The molecule has 0 aromatic heterocycles. The fourth-order valence-electron chi connectivity index (χ4n) is 3.23. The molecule has 3 aliphatic rings. The summed E-state index contributed by atoms with van der Waals surface area (Å²) in [5, 5.41) is 0.183. The van der Waals surface area contributed by atoms with Crippen LogP contribution in [0.5, 0.6) is 0 Å². The SMILES string of the molecule is O=C(SSCC(CSSC(=O)SN1CCCC1)SSC(=O)SN1CCCC1)SN1CCCC1. The molecule has 3 aliphatic heterocycles. The maximum absolute atomic E-state index is 12.4. The maximum Gasteiger partial charge on any atom is 0.271 e. The third-order valence-electron chi connectivity index (χ3n) is 4.82. The van der Waals surface area contributed by atoms with Crippen molar-refractivity contribution >= 4 is 114 Å². The van der Waals surface area contributed by atoms with Gasteiger partial charge in [0.1, 0.15) is 0 Å². The molecule has 0 atom stereocenters. The first-order chi connectivity index (χ1) is 16.1. The van der Waals surface area contributed by atoms with Gasteiger partial charge in [-0.05, 0) is 70.9 Å². The van der Waals surface area contributed by atoms with Gasteiger partial charge in [0, 0.05) is 91.9 Å². The Morgan fingerprint density at radius 1 is 0.545 bits per heavy atom. The lowest BCUT2D eigenvalue weighted by atomic mass is 10.4. The van der Waals surface area contributed by atoms with E-state index in [1.54, 1.807) is 32.4 Å². The molecular formula is C18H29N3O3S9. The van der Waals surface area contributed by atoms with Gasteiger partial charge in [0.25, 0.3) is 13.3 Å². The van der Waals surface area contributed by atoms with Crippen LogP contribution in [0.2, 0.25) is 0 Å². The topological polar surface area (TPSA) is 60.9 Å². The smallest absolute Gasteiger partial charge is 0.271 e. The summed E-state index contributed by atoms with van der Waals surface area (Å²) in [6.07, 6.45) is 7.00. The van der Waals surface area contributed by atoms with E-state index in [4.69, 9.17) is 0 Å². The number of carbonyl (C=O) groups is 3. The predicted octanol–water partition coefficient (Wildman–Crippen LogP) is 8.09. The average Bonchev–Trinajstić information content (AvgIpc) is 3.56. The monoisotopic (exact) mass is 623 g/mol. The molecule has 0 radical (unpaired) electrons. The minimum Gasteiger partial charge on any atom is -0.272 e. The van der Waals surface area contributed by atoms with Crippen molar-refractivity contribution < 1.29 is 14.4 Å². The minimum atomic E-state index is 0.114. The second-order valence-electron chi connectivity index (χ2n) is 7.47. The van der Waals surface area contributed by atoms with Gasteiger partial charge in [-0.2, -0.15) is 0 Å². The van der Waals surface area contributed by atoms with Gasteiger partial charge in [-0.15, -0.1) is 0 Å². The summed E-state index contributed by atoms with van der Waals surface area (Å²) in [6.45, 7) is 5.93. The first-order valence-electron chi connectivity index (χ1n) is 10.9. The summed E-state index contributed by atoms with van der Waals surface area (Å²) in [6, 6.07) is 0. The zero-order chi connectivity index (χ0) is 23.3. The van der Waals surface area contributed by atoms with Gasteiger partial charge in [-0.3, -0.25) is 14.4 Å². The molecule has 6 nitrogen and oxygen atoms in total. The highest BCUT2D eigenvalue weighted by atomic mass is 33.1. The summed E-state index contributed by atoms with van der Waals surface area (Å²) in [7, 11) is 8.59. The zero-order valence-corrected chi connectivity index (χ0v) is 25.6. The van der Waals surface area contributed by atoms with E-state index in [0.29, 0.717) is 0 Å². The highest BCUT2D eigenvalue weighted by Crippen LogP contribution is 2.42. The molecule has 3 rings (SSSR count). The minimum absolute atomic E-state index is 0.114. The van der Waals surface area contributed by atoms with E-state index in [-0.39, 0.29) is 18.6 Å². The van der Waals surface area contributed by atoms with E-state index in [9.17, 15) is 14.4 Å². The summed E-state index contributed by atoms with van der Waals surface area (Å²) in [5.74, 6) is 1.52. The van der Waals surface area contributed by atoms with Crippen LogP contribution in [0.1, 0.15) is 38.5 Å². The number of rotatable bonds is 11. The molecule has 0 spiro atoms. The molecule has 0 aromatic carbocycles. The highest BCUT2D eigenvalue weighted by molar-refractivity contribution is 8.88. The van der Waals surface area contributed by atoms with Gasteiger partial charge in [0.05, 0.1) is 0 Å². The maximum atomic E-state index is 12.4. The molecule has 3 fully saturated rings. The number of hydrogen-bond donors (Lipinski definition) is 0. The third kappa shape index (κ3) is 12.9. The average molecular weight is 624 g/mol. The standard InChI is InChI=1S/C18H29N3O3S9/c22-16(27-19-7-1-2-8-19)31-25-13-15(30-33-18(24)29-21-11-5-6-12-21)14-26-32-17(23)28-20-9-3-4-10-20/h15H,1-14H2. The number of hydrogen-bond acceptors (Lipinski definition) is 15. The van der Waals surface area contributed by atoms with Crippen LogP contribution in [0.25, 0.3) is 0 Å². The number of nitrogens with zero attached hydrogens (tertiary/aromatic N) is 3. The lowest BCUT2D eigenvalue weighted by Gasteiger charge is -2.16. The predicted molar refractivity (Wildman–Crippen MR) is 160 cm³/mol. The van der Waals surface area contributed by atoms with Crippen molar-refractivity contribution in [2.75, 3.05) is 50.8 Å². The first-order valence-corrected chi connectivity index (χ1v) is 20.1. The van der Waals surface area contributed by atoms with Crippen LogP contribution in [0, 0.1) is 0 Å². The molecule has 3 saturated heterocycles. The summed E-state index contributed by atoms with van der Waals surface area (Å²) >= 11 is 3.99. The van der Waals surface area contributed by atoms with Crippen molar-refractivity contribution in [1.82, 2.24) is 12.9 Å². The molecule has 0 N–H and O–H groups in total. The quantitative estimate of drug-likeness (QED) is 0.164. The molecule has 0 aliphatic carbocycles. The van der Waals surface area contributed by atoms with Crippen LogP contribution in [0.15, 0.2) is 0 Å². The van der Waals surface area contributed by atoms with E-state index in [0.717, 1.165) is 63.6 Å². The third-order valence-corrected chi connectivity index (χ3v) is 16.3. The molecule has 33 heavy (non-hydrogen) atoms. The summed E-state index contributed by atoms with van der Waals surface area (Å²) < 4.78 is 6.78. The summed E-state index contributed by atoms with van der Waals surface area (Å²) in [4.78, 5) is 36.8. The Balaban J connectivity index is 1.35. The molecule has 0 saturated carbocycles. The molecule has 188 valence electrons. The Labute approximate surface area is 233 Å². The molecule has 0 bridgehead atoms. The van der Waals surface area contributed by atoms with E-state index >= 15 is 0 Å². The van der Waals surface area contributed by atoms with Gasteiger partial charge in [0.15, 0.2) is 0 Å². The van der Waals surface area contributed by atoms with Crippen LogP contribution in [-0.2, 0) is 0 Å². The fraction of sp³-hybridized carbons (Fsp3) is 0.833. The Hall–Kier alpha value is 2.04. The van der Waals surface area contributed by atoms with Gasteiger partial charge in [-0.1, -0.05) is 32.4 Å². The Morgan fingerprint density at radius 3 is 1.24 bits per heavy atom. The first kappa shape index (κ1) is 29.6. The Bertz CT molecular complexity index is 595. The van der Waals surface area contributed by atoms with Crippen molar-refractivity contribution in [1.29, 1.82) is 0 Å². The van der Waals surface area contributed by atoms with Crippen molar-refractivity contribution in [2.24, 2.45) is 0 Å². The van der Waals surface area contributed by atoms with E-state index < -0.39 is 0 Å². The van der Waals surface area contributed by atoms with Crippen molar-refractivity contribution in [2.45, 2.75) is 43.8 Å². The van der Waals surface area contributed by atoms with Crippen LogP contribution in [0.3, 0.4) is 0 Å². The lowest BCUT2D eigenvalue weighted by molar-refractivity contribution is 0.275. The second-order valence-corrected chi connectivity index (χ2v) is 18.6. The molecule has 0 unspecified atom stereocenters. The van der Waals surface area contributed by atoms with Gasteiger partial charge >= 0.3 is 0 Å². The lowest BCUT2D eigenvalue weighted by Crippen LogP contribution is -2.12. The van der Waals surface area contributed by atoms with Gasteiger partial charge in [-0.25, -0.2) is 12.9 Å². The normalized spacial score (nSPS) is 20.3. The van der Waals surface area contributed by atoms with Gasteiger partial charge in [0.2, 0.25) is 0 Å². The van der Waals surface area contributed by atoms with E-state index in [1.165, 1.54) is 93.9 Å². The second kappa shape index (κ2) is 17.5. The molecule has 0 amide bonds.